The second kappa shape index (κ2) is 6.05. The molecule has 1 saturated heterocycles. The van der Waals surface area contributed by atoms with Gasteiger partial charge in [0.25, 0.3) is 0 Å². The molecule has 3 rings (SSSR count). The third-order valence-electron chi connectivity index (χ3n) is 3.92. The summed E-state index contributed by atoms with van der Waals surface area (Å²) in [6, 6.07) is 11.3. The molecule has 0 bridgehead atoms. The second-order valence-electron chi connectivity index (χ2n) is 5.49. The van der Waals surface area contributed by atoms with Gasteiger partial charge in [-0.05, 0) is 30.7 Å². The molecule has 1 aromatic carbocycles. The Morgan fingerprint density at radius 2 is 2.14 bits per heavy atom. The summed E-state index contributed by atoms with van der Waals surface area (Å²) in [6.07, 6.45) is 1.82. The van der Waals surface area contributed by atoms with Gasteiger partial charge in [0.15, 0.2) is 0 Å². The number of carbonyl (C=O) groups is 2. The molecule has 2 amide bonds. The van der Waals surface area contributed by atoms with Gasteiger partial charge in [-0.15, -0.1) is 0 Å². The lowest BCUT2D eigenvalue weighted by Crippen LogP contribution is -2.32. The number of rotatable bonds is 4. The van der Waals surface area contributed by atoms with Gasteiger partial charge >= 0.3 is 0 Å². The Labute approximate surface area is 128 Å². The van der Waals surface area contributed by atoms with Gasteiger partial charge in [-0.3, -0.25) is 9.59 Å². The molecular formula is C17H18N2O3. The topological polar surface area (TPSA) is 62.6 Å². The van der Waals surface area contributed by atoms with Crippen molar-refractivity contribution < 1.29 is 14.0 Å². The molecule has 1 atom stereocenters. The molecule has 2 aromatic rings. The molecule has 1 N–H and O–H groups in total. The van der Waals surface area contributed by atoms with Gasteiger partial charge in [-0.1, -0.05) is 18.2 Å². The summed E-state index contributed by atoms with van der Waals surface area (Å²) in [5.74, 6) is 0.267. The van der Waals surface area contributed by atoms with Crippen molar-refractivity contribution in [2.24, 2.45) is 5.92 Å². The molecule has 1 aliphatic heterocycles. The number of benzene rings is 1. The van der Waals surface area contributed by atoms with Crippen molar-refractivity contribution in [1.82, 2.24) is 5.32 Å². The zero-order valence-electron chi connectivity index (χ0n) is 12.4. The maximum atomic E-state index is 12.2. The predicted octanol–water partition coefficient (Wildman–Crippen LogP) is 2.26. The number of aryl methyl sites for hydroxylation is 1. The van der Waals surface area contributed by atoms with Crippen LogP contribution in [0.15, 0.2) is 47.1 Å². The Morgan fingerprint density at radius 3 is 2.86 bits per heavy atom. The number of hydrogen-bond donors (Lipinski definition) is 1. The largest absolute Gasteiger partial charge is 0.467 e. The first kappa shape index (κ1) is 14.4. The first-order valence-corrected chi connectivity index (χ1v) is 7.31. The van der Waals surface area contributed by atoms with E-state index in [1.165, 1.54) is 0 Å². The van der Waals surface area contributed by atoms with Gasteiger partial charge < -0.3 is 14.6 Å². The maximum Gasteiger partial charge on any atom is 0.227 e. The number of para-hydroxylation sites is 1. The zero-order chi connectivity index (χ0) is 15.5. The molecule has 22 heavy (non-hydrogen) atoms. The van der Waals surface area contributed by atoms with Gasteiger partial charge in [-0.2, -0.15) is 0 Å². The lowest BCUT2D eigenvalue weighted by Gasteiger charge is -2.18. The first-order chi connectivity index (χ1) is 10.6. The van der Waals surface area contributed by atoms with Crippen LogP contribution >= 0.6 is 0 Å². The summed E-state index contributed by atoms with van der Waals surface area (Å²) < 4.78 is 5.18. The summed E-state index contributed by atoms with van der Waals surface area (Å²) in [6.45, 7) is 2.74. The Balaban J connectivity index is 1.64. The van der Waals surface area contributed by atoms with Crippen LogP contribution in [0.5, 0.6) is 0 Å². The number of carbonyl (C=O) groups excluding carboxylic acids is 2. The molecule has 114 valence electrons. The second-order valence-corrected chi connectivity index (χ2v) is 5.49. The number of nitrogens with one attached hydrogen (secondary N) is 1. The summed E-state index contributed by atoms with van der Waals surface area (Å²) in [5, 5.41) is 2.82. The maximum absolute atomic E-state index is 12.2. The highest BCUT2D eigenvalue weighted by molar-refractivity contribution is 6.00. The number of furan rings is 1. The van der Waals surface area contributed by atoms with E-state index in [0.29, 0.717) is 18.8 Å². The van der Waals surface area contributed by atoms with E-state index < -0.39 is 0 Å². The van der Waals surface area contributed by atoms with Crippen LogP contribution in [0.3, 0.4) is 0 Å². The molecule has 1 aromatic heterocycles. The highest BCUT2D eigenvalue weighted by Gasteiger charge is 2.35. The summed E-state index contributed by atoms with van der Waals surface area (Å²) in [4.78, 5) is 26.1. The van der Waals surface area contributed by atoms with E-state index in [1.54, 1.807) is 23.3 Å². The monoisotopic (exact) mass is 298 g/mol. The fraction of sp³-hybridized carbons (Fsp3) is 0.294. The van der Waals surface area contributed by atoms with Gasteiger partial charge in [-0.25, -0.2) is 0 Å². The Kier molecular flexibility index (Phi) is 3.96. The van der Waals surface area contributed by atoms with Crippen LogP contribution in [0.25, 0.3) is 0 Å². The smallest absolute Gasteiger partial charge is 0.227 e. The highest BCUT2D eigenvalue weighted by atomic mass is 16.3. The van der Waals surface area contributed by atoms with Gasteiger partial charge in [0.2, 0.25) is 11.8 Å². The van der Waals surface area contributed by atoms with Crippen LogP contribution in [0.4, 0.5) is 5.69 Å². The standard InChI is InChI=1S/C17H18N2O3/c1-12-5-2-3-7-15(12)19-11-13(9-16(19)20)17(21)18-10-14-6-4-8-22-14/h2-8,13H,9-11H2,1H3,(H,18,21). The minimum absolute atomic E-state index is 0.00699. The van der Waals surface area contributed by atoms with Gasteiger partial charge in [0, 0.05) is 18.7 Å². The van der Waals surface area contributed by atoms with E-state index >= 15 is 0 Å². The summed E-state index contributed by atoms with van der Waals surface area (Å²) in [5.41, 5.74) is 1.92. The predicted molar refractivity (Wildman–Crippen MR) is 82.2 cm³/mol. The molecule has 0 aliphatic carbocycles. The van der Waals surface area contributed by atoms with E-state index in [1.807, 2.05) is 31.2 Å². The minimum Gasteiger partial charge on any atom is -0.467 e. The van der Waals surface area contributed by atoms with E-state index in [-0.39, 0.29) is 24.2 Å². The quantitative estimate of drug-likeness (QED) is 0.941. The van der Waals surface area contributed by atoms with Crippen LogP contribution < -0.4 is 10.2 Å². The number of nitrogens with zero attached hydrogens (tertiary/aromatic N) is 1. The van der Waals surface area contributed by atoms with Gasteiger partial charge in [0.1, 0.15) is 5.76 Å². The van der Waals surface area contributed by atoms with Crippen LogP contribution in [0, 0.1) is 12.8 Å². The van der Waals surface area contributed by atoms with E-state index in [0.717, 1.165) is 11.3 Å². The molecule has 0 saturated carbocycles. The Bertz CT molecular complexity index is 679. The summed E-state index contributed by atoms with van der Waals surface area (Å²) >= 11 is 0. The van der Waals surface area contributed by atoms with Crippen LogP contribution in [-0.2, 0) is 16.1 Å². The lowest BCUT2D eigenvalue weighted by atomic mass is 10.1. The van der Waals surface area contributed by atoms with Crippen molar-refractivity contribution in [2.45, 2.75) is 19.9 Å². The molecule has 0 spiro atoms. The van der Waals surface area contributed by atoms with Crippen molar-refractivity contribution >= 4 is 17.5 Å². The van der Waals surface area contributed by atoms with E-state index in [2.05, 4.69) is 5.32 Å². The zero-order valence-corrected chi connectivity index (χ0v) is 12.4. The fourth-order valence-electron chi connectivity index (χ4n) is 2.71. The molecule has 1 unspecified atom stereocenters. The van der Waals surface area contributed by atoms with Crippen molar-refractivity contribution in [2.75, 3.05) is 11.4 Å². The fourth-order valence-corrected chi connectivity index (χ4v) is 2.71. The molecule has 1 fully saturated rings. The van der Waals surface area contributed by atoms with Crippen LogP contribution in [0.1, 0.15) is 17.7 Å². The molecule has 2 heterocycles. The highest BCUT2D eigenvalue weighted by Crippen LogP contribution is 2.27. The van der Waals surface area contributed by atoms with Gasteiger partial charge in [0.05, 0.1) is 18.7 Å². The molecule has 0 radical (unpaired) electrons. The average Bonchev–Trinajstić information content (AvgIpc) is 3.15. The lowest BCUT2D eigenvalue weighted by molar-refractivity contribution is -0.126. The average molecular weight is 298 g/mol. The number of hydrogen-bond acceptors (Lipinski definition) is 3. The third-order valence-corrected chi connectivity index (χ3v) is 3.92. The Morgan fingerprint density at radius 1 is 1.32 bits per heavy atom. The van der Waals surface area contributed by atoms with E-state index in [9.17, 15) is 9.59 Å². The van der Waals surface area contributed by atoms with Crippen molar-refractivity contribution in [3.05, 3.63) is 54.0 Å². The van der Waals surface area contributed by atoms with Crippen LogP contribution in [0.2, 0.25) is 0 Å². The van der Waals surface area contributed by atoms with Crippen molar-refractivity contribution in [1.29, 1.82) is 0 Å². The molecular weight excluding hydrogens is 280 g/mol. The van der Waals surface area contributed by atoms with Crippen molar-refractivity contribution in [3.63, 3.8) is 0 Å². The molecule has 1 aliphatic rings. The number of amides is 2. The minimum atomic E-state index is -0.318. The van der Waals surface area contributed by atoms with Crippen molar-refractivity contribution in [3.8, 4) is 0 Å². The number of anilines is 1. The molecule has 5 heteroatoms. The summed E-state index contributed by atoms with van der Waals surface area (Å²) in [7, 11) is 0. The SMILES string of the molecule is Cc1ccccc1N1CC(C(=O)NCc2ccco2)CC1=O. The normalized spacial score (nSPS) is 17.8. The molecule has 5 nitrogen and oxygen atoms in total. The Hall–Kier alpha value is -2.56. The van der Waals surface area contributed by atoms with E-state index in [4.69, 9.17) is 4.42 Å². The first-order valence-electron chi connectivity index (χ1n) is 7.31. The van der Waals surface area contributed by atoms with Crippen LogP contribution in [-0.4, -0.2) is 18.4 Å². The third kappa shape index (κ3) is 2.88.